The van der Waals surface area contributed by atoms with Gasteiger partial charge in [-0.15, -0.1) is 5.16 Å². The molecule has 0 unspecified atom stereocenters. The minimum atomic E-state index is 0.198. The summed E-state index contributed by atoms with van der Waals surface area (Å²) in [4.78, 5) is 0. The molecule has 0 heterocycles. The Bertz CT molecular complexity index is 541. The summed E-state index contributed by atoms with van der Waals surface area (Å²) >= 11 is 11.1. The minimum Gasteiger partial charge on any atom is -0.493 e. The van der Waals surface area contributed by atoms with Crippen LogP contribution in [0.5, 0.6) is 11.5 Å². The van der Waals surface area contributed by atoms with E-state index in [-0.39, 0.29) is 4.49 Å². The van der Waals surface area contributed by atoms with Crippen LogP contribution < -0.4 is 9.47 Å². The van der Waals surface area contributed by atoms with Crippen molar-refractivity contribution in [2.24, 2.45) is 5.16 Å². The monoisotopic (exact) mass is 359 g/mol. The van der Waals surface area contributed by atoms with Gasteiger partial charge in [0.2, 0.25) is 0 Å². The lowest BCUT2D eigenvalue weighted by atomic mass is 10.1. The van der Waals surface area contributed by atoms with Crippen LogP contribution in [0.4, 0.5) is 0 Å². The highest BCUT2D eigenvalue weighted by atomic mass is 35.5. The quantitative estimate of drug-likeness (QED) is 0.268. The fourth-order valence-electron chi connectivity index (χ4n) is 2.13. The predicted octanol–water partition coefficient (Wildman–Crippen LogP) is 5.26. The first-order chi connectivity index (χ1) is 11.1. The third-order valence-electron chi connectivity index (χ3n) is 3.25. The predicted molar refractivity (Wildman–Crippen MR) is 95.5 cm³/mol. The average Bonchev–Trinajstić information content (AvgIpc) is 2.51. The third kappa shape index (κ3) is 7.62. The van der Waals surface area contributed by atoms with Gasteiger partial charge >= 0.3 is 0 Å². The molecule has 0 saturated heterocycles. The summed E-state index contributed by atoms with van der Waals surface area (Å²) in [5.74, 6) is 1.69. The van der Waals surface area contributed by atoms with Gasteiger partial charge in [-0.1, -0.05) is 30.1 Å². The Labute approximate surface area is 147 Å². The minimum absolute atomic E-state index is 0.198. The fraction of sp³-hybridized carbons (Fsp3) is 0.471. The van der Waals surface area contributed by atoms with Gasteiger partial charge in [-0.25, -0.2) is 0 Å². The SMILES string of the molecule is CCc1cc(OCC=C(Cl)Cl)cc(C)c1OCCCC/C=N/O. The van der Waals surface area contributed by atoms with Crippen molar-refractivity contribution < 1.29 is 14.7 Å². The molecule has 1 rings (SSSR count). The molecule has 0 spiro atoms. The number of hydrogen-bond acceptors (Lipinski definition) is 4. The van der Waals surface area contributed by atoms with E-state index in [2.05, 4.69) is 12.1 Å². The Morgan fingerprint density at radius 3 is 2.70 bits per heavy atom. The highest BCUT2D eigenvalue weighted by Gasteiger charge is 2.09. The van der Waals surface area contributed by atoms with Crippen LogP contribution in [0.15, 0.2) is 27.9 Å². The van der Waals surface area contributed by atoms with Crippen molar-refractivity contribution in [1.82, 2.24) is 0 Å². The zero-order valence-corrected chi connectivity index (χ0v) is 15.0. The maximum absolute atomic E-state index is 8.33. The van der Waals surface area contributed by atoms with Crippen LogP contribution >= 0.6 is 23.2 Å². The van der Waals surface area contributed by atoms with Gasteiger partial charge in [-0.2, -0.15) is 0 Å². The van der Waals surface area contributed by atoms with Crippen molar-refractivity contribution in [2.75, 3.05) is 13.2 Å². The Morgan fingerprint density at radius 1 is 1.26 bits per heavy atom. The van der Waals surface area contributed by atoms with Gasteiger partial charge < -0.3 is 14.7 Å². The normalized spacial score (nSPS) is 10.8. The van der Waals surface area contributed by atoms with Crippen molar-refractivity contribution in [3.63, 3.8) is 0 Å². The van der Waals surface area contributed by atoms with Crippen molar-refractivity contribution in [3.8, 4) is 11.5 Å². The number of hydrogen-bond donors (Lipinski definition) is 1. The molecule has 0 bridgehead atoms. The molecule has 0 aliphatic carbocycles. The second kappa shape index (κ2) is 11.2. The van der Waals surface area contributed by atoms with Gasteiger partial charge in [0.05, 0.1) is 6.61 Å². The molecule has 0 aliphatic heterocycles. The van der Waals surface area contributed by atoms with Gasteiger partial charge in [0.1, 0.15) is 22.6 Å². The Balaban J connectivity index is 2.63. The lowest BCUT2D eigenvalue weighted by Gasteiger charge is -2.15. The van der Waals surface area contributed by atoms with Crippen molar-refractivity contribution in [2.45, 2.75) is 39.5 Å². The highest BCUT2D eigenvalue weighted by molar-refractivity contribution is 6.55. The standard InChI is InChI=1S/C17H23Cl2NO3/c1-3-14-12-15(22-10-7-16(18)19)11-13(2)17(14)23-9-6-4-5-8-20-21/h7-8,11-12,21H,3-6,9-10H2,1-2H3/b20-8+. The van der Waals surface area contributed by atoms with Crippen LogP contribution in [0.25, 0.3) is 0 Å². The fourth-order valence-corrected chi connectivity index (χ4v) is 2.26. The lowest BCUT2D eigenvalue weighted by molar-refractivity contribution is 0.300. The number of unbranched alkanes of at least 4 members (excludes halogenated alkanes) is 2. The van der Waals surface area contributed by atoms with Crippen molar-refractivity contribution in [1.29, 1.82) is 0 Å². The van der Waals surface area contributed by atoms with Crippen LogP contribution in [0.2, 0.25) is 0 Å². The summed E-state index contributed by atoms with van der Waals surface area (Å²) < 4.78 is 11.7. The van der Waals surface area contributed by atoms with Gasteiger partial charge in [-0.05, 0) is 61.9 Å². The number of rotatable bonds is 10. The number of benzene rings is 1. The molecular weight excluding hydrogens is 337 g/mol. The molecule has 1 aromatic carbocycles. The molecule has 1 N–H and O–H groups in total. The Kier molecular flexibility index (Phi) is 9.57. The summed E-state index contributed by atoms with van der Waals surface area (Å²) in [6.45, 7) is 5.05. The van der Waals surface area contributed by atoms with E-state index in [1.807, 2.05) is 19.1 Å². The van der Waals surface area contributed by atoms with Crippen LogP contribution in [-0.2, 0) is 6.42 Å². The van der Waals surface area contributed by atoms with Gasteiger partial charge in [-0.3, -0.25) is 0 Å². The molecule has 0 saturated carbocycles. The second-order valence-electron chi connectivity index (χ2n) is 5.03. The second-order valence-corrected chi connectivity index (χ2v) is 6.04. The van der Waals surface area contributed by atoms with E-state index < -0.39 is 0 Å². The summed E-state index contributed by atoms with van der Waals surface area (Å²) in [6.07, 6.45) is 6.54. The molecule has 1 aromatic rings. The summed E-state index contributed by atoms with van der Waals surface area (Å²) in [6, 6.07) is 3.93. The van der Waals surface area contributed by atoms with Gasteiger partial charge in [0, 0.05) is 6.21 Å². The molecule has 0 aromatic heterocycles. The highest BCUT2D eigenvalue weighted by Crippen LogP contribution is 2.30. The van der Waals surface area contributed by atoms with E-state index in [1.54, 1.807) is 6.08 Å². The topological polar surface area (TPSA) is 51.0 Å². The van der Waals surface area contributed by atoms with Crippen LogP contribution in [0.3, 0.4) is 0 Å². The summed E-state index contributed by atoms with van der Waals surface area (Å²) in [5.41, 5.74) is 2.15. The maximum atomic E-state index is 8.33. The summed E-state index contributed by atoms with van der Waals surface area (Å²) in [7, 11) is 0. The average molecular weight is 360 g/mol. The molecule has 0 aliphatic rings. The first-order valence-corrected chi connectivity index (χ1v) is 8.40. The molecule has 6 heteroatoms. The molecule has 0 fully saturated rings. The number of nitrogens with zero attached hydrogens (tertiary/aromatic N) is 1. The molecular formula is C17H23Cl2NO3. The zero-order chi connectivity index (χ0) is 17.1. The van der Waals surface area contributed by atoms with E-state index in [0.29, 0.717) is 13.2 Å². The number of oxime groups is 1. The zero-order valence-electron chi connectivity index (χ0n) is 13.5. The first-order valence-electron chi connectivity index (χ1n) is 7.64. The van der Waals surface area contributed by atoms with Crippen LogP contribution in [0.1, 0.15) is 37.3 Å². The Morgan fingerprint density at radius 2 is 2.04 bits per heavy atom. The number of aryl methyl sites for hydroxylation is 2. The first kappa shape index (κ1) is 19.7. The van der Waals surface area contributed by atoms with Crippen LogP contribution in [-0.4, -0.2) is 24.6 Å². The third-order valence-corrected chi connectivity index (χ3v) is 3.56. The number of halogens is 2. The number of ether oxygens (including phenoxy) is 2. The van der Waals surface area contributed by atoms with Crippen LogP contribution in [0, 0.1) is 6.92 Å². The van der Waals surface area contributed by atoms with E-state index >= 15 is 0 Å². The molecule has 0 radical (unpaired) electrons. The van der Waals surface area contributed by atoms with E-state index in [4.69, 9.17) is 37.9 Å². The van der Waals surface area contributed by atoms with Gasteiger partial charge in [0.25, 0.3) is 0 Å². The lowest BCUT2D eigenvalue weighted by Crippen LogP contribution is -2.03. The maximum Gasteiger partial charge on any atom is 0.125 e. The van der Waals surface area contributed by atoms with E-state index in [0.717, 1.165) is 48.3 Å². The molecule has 0 atom stereocenters. The van der Waals surface area contributed by atoms with E-state index in [1.165, 1.54) is 6.21 Å². The Hall–Kier alpha value is -1.39. The largest absolute Gasteiger partial charge is 0.493 e. The van der Waals surface area contributed by atoms with Gasteiger partial charge in [0.15, 0.2) is 0 Å². The molecule has 0 amide bonds. The molecule has 23 heavy (non-hydrogen) atoms. The molecule has 4 nitrogen and oxygen atoms in total. The van der Waals surface area contributed by atoms with Crippen molar-refractivity contribution >= 4 is 29.4 Å². The smallest absolute Gasteiger partial charge is 0.125 e. The molecule has 128 valence electrons. The summed E-state index contributed by atoms with van der Waals surface area (Å²) in [5, 5.41) is 11.3. The van der Waals surface area contributed by atoms with E-state index in [9.17, 15) is 0 Å². The van der Waals surface area contributed by atoms with Crippen molar-refractivity contribution in [3.05, 3.63) is 33.8 Å².